The Morgan fingerprint density at radius 2 is 2.04 bits per heavy atom. The van der Waals surface area contributed by atoms with Crippen LogP contribution in [0.3, 0.4) is 0 Å². The quantitative estimate of drug-likeness (QED) is 0.749. The maximum Gasteiger partial charge on any atom is 0.264 e. The molecule has 142 valence electrons. The lowest BCUT2D eigenvalue weighted by atomic mass is 9.96. The summed E-state index contributed by atoms with van der Waals surface area (Å²) in [5.74, 6) is -0.0209. The number of rotatable bonds is 5. The van der Waals surface area contributed by atoms with Gasteiger partial charge in [0.2, 0.25) is 5.91 Å². The van der Waals surface area contributed by atoms with Gasteiger partial charge in [0, 0.05) is 12.0 Å². The summed E-state index contributed by atoms with van der Waals surface area (Å²) in [6.07, 6.45) is 3.10. The molecule has 0 radical (unpaired) electrons. The zero-order valence-electron chi connectivity index (χ0n) is 16.2. The first kappa shape index (κ1) is 18.8. The molecule has 0 aliphatic carbocycles. The molecule has 0 unspecified atom stereocenters. The molecule has 1 N–H and O–H groups in total. The Balaban J connectivity index is 1.76. The van der Waals surface area contributed by atoms with Crippen LogP contribution < -0.4 is 10.9 Å². The number of benzene rings is 1. The maximum absolute atomic E-state index is 12.7. The van der Waals surface area contributed by atoms with Crippen LogP contribution >= 0.6 is 0 Å². The van der Waals surface area contributed by atoms with E-state index in [-0.39, 0.29) is 11.5 Å². The van der Waals surface area contributed by atoms with Crippen molar-refractivity contribution in [2.45, 2.75) is 40.8 Å². The van der Waals surface area contributed by atoms with Crippen LogP contribution in [0.1, 0.15) is 31.9 Å². The van der Waals surface area contributed by atoms with E-state index in [1.54, 1.807) is 21.8 Å². The van der Waals surface area contributed by atoms with Gasteiger partial charge in [0.05, 0.1) is 19.3 Å². The van der Waals surface area contributed by atoms with Crippen molar-refractivity contribution < 1.29 is 4.79 Å². The van der Waals surface area contributed by atoms with Crippen molar-refractivity contribution >= 4 is 16.9 Å². The topological polar surface area (TPSA) is 81.8 Å². The van der Waals surface area contributed by atoms with E-state index in [2.05, 4.69) is 21.5 Å². The summed E-state index contributed by atoms with van der Waals surface area (Å²) in [5, 5.41) is 7.62. The van der Waals surface area contributed by atoms with Crippen molar-refractivity contribution in [1.82, 2.24) is 24.6 Å². The second-order valence-corrected chi connectivity index (χ2v) is 7.78. The summed E-state index contributed by atoms with van der Waals surface area (Å²) in [6, 6.07) is 8.05. The van der Waals surface area contributed by atoms with Gasteiger partial charge in [-0.3, -0.25) is 14.2 Å². The Bertz CT molecular complexity index is 1030. The first-order valence-electron chi connectivity index (χ1n) is 9.00. The van der Waals surface area contributed by atoms with Crippen molar-refractivity contribution in [3.8, 4) is 0 Å². The number of hydrogen-bond acceptors (Lipinski definition) is 4. The summed E-state index contributed by atoms with van der Waals surface area (Å²) in [7, 11) is 0. The van der Waals surface area contributed by atoms with Crippen LogP contribution in [0, 0.1) is 12.3 Å². The van der Waals surface area contributed by atoms with Crippen LogP contribution in [-0.4, -0.2) is 31.8 Å². The van der Waals surface area contributed by atoms with Gasteiger partial charge in [-0.2, -0.15) is 5.10 Å². The molecule has 0 aliphatic heterocycles. The van der Waals surface area contributed by atoms with E-state index in [0.29, 0.717) is 30.7 Å². The third-order valence-corrected chi connectivity index (χ3v) is 4.35. The fourth-order valence-corrected chi connectivity index (χ4v) is 2.82. The predicted octanol–water partition coefficient (Wildman–Crippen LogP) is 2.11. The van der Waals surface area contributed by atoms with E-state index in [0.717, 1.165) is 11.1 Å². The second kappa shape index (κ2) is 7.34. The number of aromatic nitrogens is 4. The number of nitrogens with one attached hydrogen (secondary N) is 1. The monoisotopic (exact) mass is 367 g/mol. The Morgan fingerprint density at radius 1 is 1.26 bits per heavy atom. The van der Waals surface area contributed by atoms with Gasteiger partial charge in [0.25, 0.3) is 5.56 Å². The summed E-state index contributed by atoms with van der Waals surface area (Å²) in [4.78, 5) is 29.1. The van der Waals surface area contributed by atoms with Gasteiger partial charge in [0.1, 0.15) is 11.7 Å². The lowest BCUT2D eigenvalue weighted by Crippen LogP contribution is -2.36. The maximum atomic E-state index is 12.7. The van der Waals surface area contributed by atoms with Crippen LogP contribution in [0.2, 0.25) is 0 Å². The molecule has 0 bridgehead atoms. The van der Waals surface area contributed by atoms with Crippen molar-refractivity contribution in [1.29, 1.82) is 0 Å². The van der Waals surface area contributed by atoms with E-state index in [1.807, 2.05) is 45.9 Å². The first-order valence-corrected chi connectivity index (χ1v) is 9.00. The summed E-state index contributed by atoms with van der Waals surface area (Å²) >= 11 is 0. The van der Waals surface area contributed by atoms with Crippen molar-refractivity contribution in [2.24, 2.45) is 5.41 Å². The Kier molecular flexibility index (Phi) is 5.12. The predicted molar refractivity (Wildman–Crippen MR) is 105 cm³/mol. The van der Waals surface area contributed by atoms with E-state index in [4.69, 9.17) is 0 Å². The van der Waals surface area contributed by atoms with Crippen LogP contribution in [0.5, 0.6) is 0 Å². The Hall–Kier alpha value is -2.96. The minimum absolute atomic E-state index is 0.0209. The molecule has 0 spiro atoms. The average Bonchev–Trinajstić information content (AvgIpc) is 3.00. The molecule has 0 saturated carbocycles. The number of hydrogen-bond donors (Lipinski definition) is 1. The third-order valence-electron chi connectivity index (χ3n) is 4.35. The van der Waals surface area contributed by atoms with Crippen molar-refractivity contribution in [2.75, 3.05) is 6.54 Å². The molecule has 0 saturated heterocycles. The standard InChI is InChI=1S/C20H25N5O2/c1-14-6-5-7-15(10-14)12-24-13-22-17-16(18(24)26)11-23-25(17)9-8-21-19(27)20(2,3)4/h5-7,10-11,13H,8-9,12H2,1-4H3,(H,21,27). The minimum atomic E-state index is -0.437. The molecule has 3 rings (SSSR count). The molecule has 2 aromatic heterocycles. The Labute approximate surface area is 158 Å². The molecule has 1 aromatic carbocycles. The molecular formula is C20H25N5O2. The van der Waals surface area contributed by atoms with Crippen LogP contribution in [0.15, 0.2) is 41.6 Å². The Morgan fingerprint density at radius 3 is 2.74 bits per heavy atom. The van der Waals surface area contributed by atoms with Crippen molar-refractivity contribution in [3.05, 3.63) is 58.3 Å². The first-order chi connectivity index (χ1) is 12.8. The molecule has 0 atom stereocenters. The normalized spacial score (nSPS) is 11.7. The van der Waals surface area contributed by atoms with Crippen LogP contribution in [0.25, 0.3) is 11.0 Å². The molecule has 1 amide bonds. The number of aryl methyl sites for hydroxylation is 1. The van der Waals surface area contributed by atoms with Gasteiger partial charge in [-0.1, -0.05) is 50.6 Å². The average molecular weight is 367 g/mol. The SMILES string of the molecule is Cc1cccc(Cn2cnc3c(cnn3CCNC(=O)C(C)(C)C)c2=O)c1. The van der Waals surface area contributed by atoms with Crippen LogP contribution in [-0.2, 0) is 17.9 Å². The number of amides is 1. The molecular weight excluding hydrogens is 342 g/mol. The van der Waals surface area contributed by atoms with Gasteiger partial charge >= 0.3 is 0 Å². The fourth-order valence-electron chi connectivity index (χ4n) is 2.82. The number of nitrogens with zero attached hydrogens (tertiary/aromatic N) is 4. The zero-order chi connectivity index (χ0) is 19.6. The summed E-state index contributed by atoms with van der Waals surface area (Å²) in [6.45, 7) is 8.98. The molecule has 3 aromatic rings. The highest BCUT2D eigenvalue weighted by atomic mass is 16.2. The molecule has 2 heterocycles. The van der Waals surface area contributed by atoms with Crippen molar-refractivity contribution in [3.63, 3.8) is 0 Å². The van der Waals surface area contributed by atoms with Gasteiger partial charge in [0.15, 0.2) is 5.65 Å². The highest BCUT2D eigenvalue weighted by Gasteiger charge is 2.20. The molecule has 0 fully saturated rings. The molecule has 7 heteroatoms. The molecule has 0 aliphatic rings. The minimum Gasteiger partial charge on any atom is -0.354 e. The van der Waals surface area contributed by atoms with Crippen LogP contribution in [0.4, 0.5) is 0 Å². The lowest BCUT2D eigenvalue weighted by molar-refractivity contribution is -0.128. The lowest BCUT2D eigenvalue weighted by Gasteiger charge is -2.17. The highest BCUT2D eigenvalue weighted by Crippen LogP contribution is 2.12. The summed E-state index contributed by atoms with van der Waals surface area (Å²) in [5.41, 5.74) is 2.18. The van der Waals surface area contributed by atoms with E-state index in [1.165, 1.54) is 0 Å². The highest BCUT2D eigenvalue weighted by molar-refractivity contribution is 5.81. The van der Waals surface area contributed by atoms with E-state index < -0.39 is 5.41 Å². The largest absolute Gasteiger partial charge is 0.354 e. The van der Waals surface area contributed by atoms with Gasteiger partial charge < -0.3 is 5.32 Å². The molecule has 27 heavy (non-hydrogen) atoms. The van der Waals surface area contributed by atoms with E-state index in [9.17, 15) is 9.59 Å². The smallest absolute Gasteiger partial charge is 0.264 e. The van der Waals surface area contributed by atoms with Gasteiger partial charge in [-0.05, 0) is 12.5 Å². The third kappa shape index (κ3) is 4.24. The van der Waals surface area contributed by atoms with Gasteiger partial charge in [-0.25, -0.2) is 9.67 Å². The number of fused-ring (bicyclic) bond motifs is 1. The second-order valence-electron chi connectivity index (χ2n) is 7.78. The number of carbonyl (C=O) groups is 1. The number of carbonyl (C=O) groups excluding carboxylic acids is 1. The summed E-state index contributed by atoms with van der Waals surface area (Å²) < 4.78 is 3.24. The fraction of sp³-hybridized carbons (Fsp3) is 0.400. The molecule has 7 nitrogen and oxygen atoms in total. The van der Waals surface area contributed by atoms with Gasteiger partial charge in [-0.15, -0.1) is 0 Å². The van der Waals surface area contributed by atoms with E-state index >= 15 is 0 Å². The zero-order valence-corrected chi connectivity index (χ0v) is 16.2.